The van der Waals surface area contributed by atoms with E-state index < -0.39 is 5.97 Å². The highest BCUT2D eigenvalue weighted by atomic mass is 16.4. The summed E-state index contributed by atoms with van der Waals surface area (Å²) in [6.07, 6.45) is 6.65. The fourth-order valence-electron chi connectivity index (χ4n) is 1.17. The molecule has 1 N–H and O–H groups in total. The van der Waals surface area contributed by atoms with Gasteiger partial charge in [0.1, 0.15) is 0 Å². The van der Waals surface area contributed by atoms with Crippen LogP contribution in [-0.2, 0) is 4.79 Å². The number of unbranched alkanes of at least 4 members (excludes halogenated alkanes) is 1. The number of aliphatic carboxylic acids is 1. The molecule has 0 amide bonds. The van der Waals surface area contributed by atoms with E-state index >= 15 is 0 Å². The minimum absolute atomic E-state index is 0.316. The number of rotatable bonds is 7. The van der Waals surface area contributed by atoms with Gasteiger partial charge in [-0.25, -0.2) is 0 Å². The largest absolute Gasteiger partial charge is 0.481 e. The van der Waals surface area contributed by atoms with E-state index in [4.69, 9.17) is 5.11 Å². The molecule has 0 aliphatic rings. The van der Waals surface area contributed by atoms with Crippen molar-refractivity contribution >= 4 is 5.97 Å². The second-order valence-corrected chi connectivity index (χ2v) is 3.32. The summed E-state index contributed by atoms with van der Waals surface area (Å²) in [5.74, 6) is -0.0361. The van der Waals surface area contributed by atoms with E-state index in [9.17, 15) is 4.79 Å². The first-order chi connectivity index (χ1) is 5.66. The molecule has 0 heterocycles. The Hall–Kier alpha value is -0.530. The Morgan fingerprint density at radius 1 is 1.58 bits per heavy atom. The molecule has 0 fully saturated rings. The maximum absolute atomic E-state index is 10.2. The third-order valence-corrected chi connectivity index (χ3v) is 1.95. The van der Waals surface area contributed by atoms with Gasteiger partial charge in [0.25, 0.3) is 0 Å². The summed E-state index contributed by atoms with van der Waals surface area (Å²) in [4.78, 5) is 10.2. The van der Waals surface area contributed by atoms with Crippen LogP contribution in [0.4, 0.5) is 0 Å². The maximum atomic E-state index is 10.2. The van der Waals surface area contributed by atoms with Crippen molar-refractivity contribution in [1.82, 2.24) is 0 Å². The highest BCUT2D eigenvalue weighted by Crippen LogP contribution is 2.14. The van der Waals surface area contributed by atoms with E-state index in [1.165, 1.54) is 0 Å². The summed E-state index contributed by atoms with van der Waals surface area (Å²) in [5.41, 5.74) is 0. The number of hydrogen-bond acceptors (Lipinski definition) is 1. The number of hydrogen-bond donors (Lipinski definition) is 1. The molecule has 12 heavy (non-hydrogen) atoms. The Bertz CT molecular complexity index is 121. The van der Waals surface area contributed by atoms with Crippen LogP contribution in [0, 0.1) is 12.3 Å². The molecule has 2 nitrogen and oxygen atoms in total. The van der Waals surface area contributed by atoms with Gasteiger partial charge >= 0.3 is 5.97 Å². The van der Waals surface area contributed by atoms with Crippen LogP contribution in [0.3, 0.4) is 0 Å². The van der Waals surface area contributed by atoms with E-state index in [1.54, 1.807) is 0 Å². The summed E-state index contributed by atoms with van der Waals surface area (Å²) in [6.45, 7) is 4.30. The second kappa shape index (κ2) is 7.14. The molecule has 0 bridgehead atoms. The molecule has 0 saturated carbocycles. The van der Waals surface area contributed by atoms with Crippen LogP contribution in [0.5, 0.6) is 0 Å². The summed E-state index contributed by atoms with van der Waals surface area (Å²) >= 11 is 0. The Labute approximate surface area is 75.0 Å². The molecular formula is C10H19O2. The van der Waals surface area contributed by atoms with Crippen LogP contribution in [0.1, 0.15) is 46.0 Å². The Balaban J connectivity index is 3.19. The van der Waals surface area contributed by atoms with Crippen LogP contribution < -0.4 is 0 Å². The minimum Gasteiger partial charge on any atom is -0.481 e. The molecule has 1 atom stereocenters. The molecule has 1 radical (unpaired) electrons. The Morgan fingerprint density at radius 3 is 2.75 bits per heavy atom. The SMILES string of the molecule is CC[CH]CC(C)CCCC(=O)O. The van der Waals surface area contributed by atoms with Crippen LogP contribution >= 0.6 is 0 Å². The number of carbonyl (C=O) groups is 1. The van der Waals surface area contributed by atoms with Gasteiger partial charge in [-0.3, -0.25) is 4.79 Å². The van der Waals surface area contributed by atoms with E-state index in [-0.39, 0.29) is 0 Å². The van der Waals surface area contributed by atoms with Crippen molar-refractivity contribution in [2.45, 2.75) is 46.0 Å². The molecule has 0 rings (SSSR count). The first kappa shape index (κ1) is 11.5. The van der Waals surface area contributed by atoms with Gasteiger partial charge in [0, 0.05) is 6.42 Å². The fourth-order valence-corrected chi connectivity index (χ4v) is 1.17. The van der Waals surface area contributed by atoms with Gasteiger partial charge in [-0.15, -0.1) is 0 Å². The van der Waals surface area contributed by atoms with E-state index in [0.29, 0.717) is 12.3 Å². The van der Waals surface area contributed by atoms with Crippen molar-refractivity contribution in [2.75, 3.05) is 0 Å². The summed E-state index contributed by atoms with van der Waals surface area (Å²) in [7, 11) is 0. The van der Waals surface area contributed by atoms with Crippen molar-refractivity contribution in [2.24, 2.45) is 5.92 Å². The lowest BCUT2D eigenvalue weighted by Crippen LogP contribution is -1.99. The van der Waals surface area contributed by atoms with Gasteiger partial charge in [0.2, 0.25) is 0 Å². The topological polar surface area (TPSA) is 37.3 Å². The third kappa shape index (κ3) is 7.58. The van der Waals surface area contributed by atoms with E-state index in [0.717, 1.165) is 25.7 Å². The Kier molecular flexibility index (Phi) is 6.82. The number of carboxylic acid groups (broad SMARTS) is 1. The number of carboxylic acids is 1. The van der Waals surface area contributed by atoms with Crippen molar-refractivity contribution in [1.29, 1.82) is 0 Å². The predicted molar refractivity (Wildman–Crippen MR) is 49.9 cm³/mol. The minimum atomic E-state index is -0.679. The van der Waals surface area contributed by atoms with Gasteiger partial charge in [-0.05, 0) is 25.2 Å². The Morgan fingerprint density at radius 2 is 2.25 bits per heavy atom. The average molecular weight is 171 g/mol. The van der Waals surface area contributed by atoms with Crippen LogP contribution in [0.25, 0.3) is 0 Å². The van der Waals surface area contributed by atoms with Gasteiger partial charge < -0.3 is 5.11 Å². The molecule has 0 aromatic heterocycles. The monoisotopic (exact) mass is 171 g/mol. The highest BCUT2D eigenvalue weighted by molar-refractivity contribution is 5.66. The van der Waals surface area contributed by atoms with Gasteiger partial charge in [-0.2, -0.15) is 0 Å². The lowest BCUT2D eigenvalue weighted by molar-refractivity contribution is -0.137. The predicted octanol–water partition coefficient (Wildman–Crippen LogP) is 2.88. The lowest BCUT2D eigenvalue weighted by Gasteiger charge is -2.08. The summed E-state index contributed by atoms with van der Waals surface area (Å²) < 4.78 is 0. The zero-order valence-corrected chi connectivity index (χ0v) is 8.05. The molecule has 0 saturated heterocycles. The van der Waals surface area contributed by atoms with E-state index in [1.807, 2.05) is 0 Å². The zero-order chi connectivity index (χ0) is 9.40. The molecular weight excluding hydrogens is 152 g/mol. The molecule has 0 spiro atoms. The van der Waals surface area contributed by atoms with Crippen molar-refractivity contribution in [3.63, 3.8) is 0 Å². The fraction of sp³-hybridized carbons (Fsp3) is 0.800. The van der Waals surface area contributed by atoms with Crippen LogP contribution in [0.2, 0.25) is 0 Å². The van der Waals surface area contributed by atoms with Crippen LogP contribution in [0.15, 0.2) is 0 Å². The van der Waals surface area contributed by atoms with Gasteiger partial charge in [-0.1, -0.05) is 26.7 Å². The molecule has 71 valence electrons. The molecule has 0 aromatic carbocycles. The first-order valence-electron chi connectivity index (χ1n) is 4.70. The highest BCUT2D eigenvalue weighted by Gasteiger charge is 2.03. The van der Waals surface area contributed by atoms with Crippen LogP contribution in [-0.4, -0.2) is 11.1 Å². The summed E-state index contributed by atoms with van der Waals surface area (Å²) in [6, 6.07) is 0. The molecule has 0 aliphatic carbocycles. The zero-order valence-electron chi connectivity index (χ0n) is 8.05. The van der Waals surface area contributed by atoms with Gasteiger partial charge in [0.05, 0.1) is 0 Å². The van der Waals surface area contributed by atoms with Gasteiger partial charge in [0.15, 0.2) is 0 Å². The quantitative estimate of drug-likeness (QED) is 0.639. The standard InChI is InChI=1S/C10H19O2/c1-3-4-6-9(2)7-5-8-10(11)12/h4,9H,3,5-8H2,1-2H3,(H,11,12). The van der Waals surface area contributed by atoms with E-state index in [2.05, 4.69) is 20.3 Å². The molecule has 1 unspecified atom stereocenters. The smallest absolute Gasteiger partial charge is 0.303 e. The van der Waals surface area contributed by atoms with Crippen molar-refractivity contribution in [3.05, 3.63) is 6.42 Å². The summed E-state index contributed by atoms with van der Waals surface area (Å²) in [5, 5.41) is 8.39. The normalized spacial score (nSPS) is 12.8. The molecule has 0 aromatic rings. The second-order valence-electron chi connectivity index (χ2n) is 3.32. The first-order valence-corrected chi connectivity index (χ1v) is 4.70. The maximum Gasteiger partial charge on any atom is 0.303 e. The van der Waals surface area contributed by atoms with Crippen molar-refractivity contribution in [3.8, 4) is 0 Å². The molecule has 0 aliphatic heterocycles. The van der Waals surface area contributed by atoms with Crippen molar-refractivity contribution < 1.29 is 9.90 Å². The lowest BCUT2D eigenvalue weighted by atomic mass is 9.98. The third-order valence-electron chi connectivity index (χ3n) is 1.95. The average Bonchev–Trinajstić information content (AvgIpc) is 2.00. The molecule has 2 heteroatoms.